The van der Waals surface area contributed by atoms with E-state index in [0.717, 1.165) is 28.6 Å². The van der Waals surface area contributed by atoms with Crippen molar-refractivity contribution in [2.45, 2.75) is 13.8 Å². The summed E-state index contributed by atoms with van der Waals surface area (Å²) in [4.78, 5) is 2.22. The third kappa shape index (κ3) is 3.94. The van der Waals surface area contributed by atoms with Crippen molar-refractivity contribution in [3.63, 3.8) is 0 Å². The molecule has 0 saturated carbocycles. The highest BCUT2D eigenvalue weighted by atomic mass is 16.5. The van der Waals surface area contributed by atoms with E-state index in [1.807, 2.05) is 31.2 Å². The van der Waals surface area contributed by atoms with Crippen LogP contribution in [0.1, 0.15) is 12.5 Å². The molecule has 128 valence electrons. The van der Waals surface area contributed by atoms with E-state index in [-0.39, 0.29) is 0 Å². The van der Waals surface area contributed by atoms with Crippen LogP contribution >= 0.6 is 0 Å². The van der Waals surface area contributed by atoms with Crippen LogP contribution < -0.4 is 14.4 Å². The predicted molar refractivity (Wildman–Crippen MR) is 104 cm³/mol. The van der Waals surface area contributed by atoms with E-state index in [1.165, 1.54) is 5.56 Å². The Morgan fingerprint density at radius 1 is 0.680 bits per heavy atom. The van der Waals surface area contributed by atoms with Crippen LogP contribution in [0.2, 0.25) is 0 Å². The number of methoxy groups -OCH3 is 1. The summed E-state index contributed by atoms with van der Waals surface area (Å²) in [6, 6.07) is 24.8. The van der Waals surface area contributed by atoms with Crippen molar-refractivity contribution in [2.24, 2.45) is 0 Å². The quantitative estimate of drug-likeness (QED) is 0.563. The van der Waals surface area contributed by atoms with Gasteiger partial charge < -0.3 is 14.4 Å². The summed E-state index contributed by atoms with van der Waals surface area (Å²) in [6.45, 7) is 4.75. The molecule has 0 atom stereocenters. The van der Waals surface area contributed by atoms with Crippen LogP contribution in [-0.4, -0.2) is 13.7 Å². The van der Waals surface area contributed by atoms with Crippen molar-refractivity contribution < 1.29 is 9.47 Å². The Morgan fingerprint density at radius 2 is 1.12 bits per heavy atom. The van der Waals surface area contributed by atoms with Crippen molar-refractivity contribution in [3.8, 4) is 11.5 Å². The van der Waals surface area contributed by atoms with Crippen LogP contribution in [0.25, 0.3) is 0 Å². The van der Waals surface area contributed by atoms with Gasteiger partial charge in [0.1, 0.15) is 11.5 Å². The average molecular weight is 333 g/mol. The van der Waals surface area contributed by atoms with Crippen LogP contribution in [-0.2, 0) is 0 Å². The Bertz CT molecular complexity index is 793. The molecule has 3 heteroatoms. The number of hydrogen-bond acceptors (Lipinski definition) is 3. The largest absolute Gasteiger partial charge is 0.497 e. The van der Waals surface area contributed by atoms with Crippen LogP contribution in [0.15, 0.2) is 72.8 Å². The minimum atomic E-state index is 0.666. The maximum Gasteiger partial charge on any atom is 0.119 e. The molecule has 0 unspecified atom stereocenters. The van der Waals surface area contributed by atoms with Gasteiger partial charge in [0.05, 0.1) is 13.7 Å². The summed E-state index contributed by atoms with van der Waals surface area (Å²) >= 11 is 0. The molecule has 0 aliphatic rings. The van der Waals surface area contributed by atoms with Gasteiger partial charge in [0.2, 0.25) is 0 Å². The first-order chi connectivity index (χ1) is 12.2. The molecule has 0 fully saturated rings. The van der Waals surface area contributed by atoms with Crippen LogP contribution in [0, 0.1) is 6.92 Å². The highest BCUT2D eigenvalue weighted by Gasteiger charge is 2.12. The molecule has 0 spiro atoms. The van der Waals surface area contributed by atoms with Gasteiger partial charge in [-0.25, -0.2) is 0 Å². The zero-order chi connectivity index (χ0) is 17.6. The number of rotatable bonds is 6. The van der Waals surface area contributed by atoms with Gasteiger partial charge in [-0.3, -0.25) is 0 Å². The highest BCUT2D eigenvalue weighted by molar-refractivity contribution is 5.77. The Labute approximate surface area is 149 Å². The molecule has 0 aliphatic carbocycles. The van der Waals surface area contributed by atoms with Gasteiger partial charge in [0.15, 0.2) is 0 Å². The highest BCUT2D eigenvalue weighted by Crippen LogP contribution is 2.36. The molecular weight excluding hydrogens is 310 g/mol. The lowest BCUT2D eigenvalue weighted by Crippen LogP contribution is -2.09. The Morgan fingerprint density at radius 3 is 1.56 bits per heavy atom. The molecule has 0 bridgehead atoms. The number of nitrogens with zero attached hydrogens (tertiary/aromatic N) is 1. The number of anilines is 3. The molecule has 0 aromatic heterocycles. The van der Waals surface area contributed by atoms with Gasteiger partial charge in [-0.05, 0) is 74.5 Å². The second-order valence-electron chi connectivity index (χ2n) is 5.80. The molecule has 3 nitrogen and oxygen atoms in total. The Kier molecular flexibility index (Phi) is 5.24. The SMILES string of the molecule is CCOc1ccc(N(c2ccc(C)cc2)c2ccc(OC)cc2)cc1. The maximum atomic E-state index is 5.56. The predicted octanol–water partition coefficient (Wildman–Crippen LogP) is 5.87. The molecule has 25 heavy (non-hydrogen) atoms. The summed E-state index contributed by atoms with van der Waals surface area (Å²) in [5.41, 5.74) is 4.51. The third-order valence-corrected chi connectivity index (χ3v) is 4.03. The minimum Gasteiger partial charge on any atom is -0.497 e. The van der Waals surface area contributed by atoms with E-state index >= 15 is 0 Å². The standard InChI is InChI=1S/C22H23NO2/c1-4-25-22-15-11-20(12-16-22)23(18-7-5-17(2)6-8-18)19-9-13-21(24-3)14-10-19/h5-16H,4H2,1-3H3. The fraction of sp³-hybridized carbons (Fsp3) is 0.182. The van der Waals surface area contributed by atoms with Gasteiger partial charge in [-0.1, -0.05) is 17.7 Å². The monoisotopic (exact) mass is 333 g/mol. The van der Waals surface area contributed by atoms with Crippen molar-refractivity contribution in [1.82, 2.24) is 0 Å². The summed E-state index contributed by atoms with van der Waals surface area (Å²) < 4.78 is 10.8. The summed E-state index contributed by atoms with van der Waals surface area (Å²) in [5.74, 6) is 1.73. The zero-order valence-electron chi connectivity index (χ0n) is 14.9. The van der Waals surface area contributed by atoms with Crippen molar-refractivity contribution >= 4 is 17.1 Å². The van der Waals surface area contributed by atoms with Crippen molar-refractivity contribution in [2.75, 3.05) is 18.6 Å². The van der Waals surface area contributed by atoms with E-state index in [1.54, 1.807) is 7.11 Å². The van der Waals surface area contributed by atoms with Crippen molar-refractivity contribution in [1.29, 1.82) is 0 Å². The summed E-state index contributed by atoms with van der Waals surface area (Å²) in [5, 5.41) is 0. The van der Waals surface area contributed by atoms with Crippen LogP contribution in [0.3, 0.4) is 0 Å². The number of benzene rings is 3. The van der Waals surface area contributed by atoms with Crippen LogP contribution in [0.5, 0.6) is 11.5 Å². The summed E-state index contributed by atoms with van der Waals surface area (Å²) in [7, 11) is 1.68. The second kappa shape index (κ2) is 7.75. The van der Waals surface area contributed by atoms with Gasteiger partial charge in [0.25, 0.3) is 0 Å². The third-order valence-electron chi connectivity index (χ3n) is 4.03. The molecule has 0 aliphatic heterocycles. The first kappa shape index (κ1) is 16.9. The number of aryl methyl sites for hydroxylation is 1. The number of hydrogen-bond donors (Lipinski definition) is 0. The normalized spacial score (nSPS) is 10.4. The van der Waals surface area contributed by atoms with E-state index in [4.69, 9.17) is 9.47 Å². The molecule has 0 amide bonds. The molecule has 0 radical (unpaired) electrons. The van der Waals surface area contributed by atoms with Gasteiger partial charge in [-0.2, -0.15) is 0 Å². The molecule has 0 saturated heterocycles. The molecule has 3 aromatic carbocycles. The molecule has 3 rings (SSSR count). The Balaban J connectivity index is 2.02. The molecular formula is C22H23NO2. The molecule has 0 N–H and O–H groups in total. The van der Waals surface area contributed by atoms with E-state index < -0.39 is 0 Å². The lowest BCUT2D eigenvalue weighted by molar-refractivity contribution is 0.340. The fourth-order valence-electron chi connectivity index (χ4n) is 2.73. The second-order valence-corrected chi connectivity index (χ2v) is 5.80. The Hall–Kier alpha value is -2.94. The van der Waals surface area contributed by atoms with E-state index in [0.29, 0.717) is 6.61 Å². The smallest absolute Gasteiger partial charge is 0.119 e. The molecule has 0 heterocycles. The first-order valence-corrected chi connectivity index (χ1v) is 8.45. The summed E-state index contributed by atoms with van der Waals surface area (Å²) in [6.07, 6.45) is 0. The first-order valence-electron chi connectivity index (χ1n) is 8.45. The average Bonchev–Trinajstić information content (AvgIpc) is 2.66. The van der Waals surface area contributed by atoms with Gasteiger partial charge in [-0.15, -0.1) is 0 Å². The van der Waals surface area contributed by atoms with Gasteiger partial charge >= 0.3 is 0 Å². The topological polar surface area (TPSA) is 21.7 Å². The van der Waals surface area contributed by atoms with Crippen molar-refractivity contribution in [3.05, 3.63) is 78.4 Å². The number of ether oxygens (including phenoxy) is 2. The van der Waals surface area contributed by atoms with Gasteiger partial charge in [0, 0.05) is 17.1 Å². The molecule has 3 aromatic rings. The van der Waals surface area contributed by atoms with E-state index in [9.17, 15) is 0 Å². The maximum absolute atomic E-state index is 5.56. The lowest BCUT2D eigenvalue weighted by Gasteiger charge is -2.26. The van der Waals surface area contributed by atoms with E-state index in [2.05, 4.69) is 60.4 Å². The lowest BCUT2D eigenvalue weighted by atomic mass is 10.1. The van der Waals surface area contributed by atoms with Crippen LogP contribution in [0.4, 0.5) is 17.1 Å². The minimum absolute atomic E-state index is 0.666. The zero-order valence-corrected chi connectivity index (χ0v) is 14.9. The fourth-order valence-corrected chi connectivity index (χ4v) is 2.73.